The molecule has 0 spiro atoms. The lowest BCUT2D eigenvalue weighted by Crippen LogP contribution is -2.34. The average molecular weight is 430 g/mol. The zero-order chi connectivity index (χ0) is 22.0. The molecular weight excluding hydrogens is 410 g/mol. The predicted octanol–water partition coefficient (Wildman–Crippen LogP) is 4.18. The number of thiocarbonyl (C=S) groups is 1. The molecule has 154 valence electrons. The fourth-order valence-electron chi connectivity index (χ4n) is 3.35. The van der Waals surface area contributed by atoms with Crippen molar-refractivity contribution in [3.8, 4) is 0 Å². The van der Waals surface area contributed by atoms with Gasteiger partial charge < -0.3 is 5.32 Å². The Hall–Kier alpha value is -3.84. The molecule has 0 radical (unpaired) electrons. The Morgan fingerprint density at radius 1 is 0.871 bits per heavy atom. The van der Waals surface area contributed by atoms with E-state index in [0.717, 1.165) is 16.9 Å². The summed E-state index contributed by atoms with van der Waals surface area (Å²) in [6.45, 7) is 2.05. The van der Waals surface area contributed by atoms with E-state index in [0.29, 0.717) is 28.1 Å². The van der Waals surface area contributed by atoms with Crippen LogP contribution in [0.25, 0.3) is 0 Å². The number of anilines is 2. The summed E-state index contributed by atoms with van der Waals surface area (Å²) in [7, 11) is 0. The molecule has 31 heavy (non-hydrogen) atoms. The van der Waals surface area contributed by atoms with Gasteiger partial charge in [-0.25, -0.2) is 4.90 Å². The zero-order valence-corrected chi connectivity index (χ0v) is 17.5. The molecule has 1 heterocycles. The minimum absolute atomic E-state index is 0.151. The molecule has 4 rings (SSSR count). The molecule has 0 fully saturated rings. The Morgan fingerprint density at radius 3 is 2.00 bits per heavy atom. The van der Waals surface area contributed by atoms with Crippen LogP contribution in [0.3, 0.4) is 0 Å². The van der Waals surface area contributed by atoms with E-state index in [2.05, 4.69) is 10.6 Å². The van der Waals surface area contributed by atoms with Crippen LogP contribution in [0.1, 0.15) is 43.6 Å². The van der Waals surface area contributed by atoms with Crippen LogP contribution in [0.2, 0.25) is 0 Å². The van der Waals surface area contributed by atoms with Crippen molar-refractivity contribution in [2.45, 2.75) is 13.3 Å². The summed E-state index contributed by atoms with van der Waals surface area (Å²) in [6, 6.07) is 20.7. The second kappa shape index (κ2) is 8.49. The van der Waals surface area contributed by atoms with Crippen molar-refractivity contribution in [1.29, 1.82) is 0 Å². The fourth-order valence-corrected chi connectivity index (χ4v) is 3.56. The van der Waals surface area contributed by atoms with Crippen molar-refractivity contribution in [3.05, 3.63) is 95.1 Å². The van der Waals surface area contributed by atoms with E-state index in [4.69, 9.17) is 12.2 Å². The van der Waals surface area contributed by atoms with E-state index >= 15 is 0 Å². The Bertz CT molecular complexity index is 1150. The number of amides is 3. The zero-order valence-electron chi connectivity index (χ0n) is 16.7. The van der Waals surface area contributed by atoms with Crippen molar-refractivity contribution >= 4 is 46.4 Å². The third-order valence-corrected chi connectivity index (χ3v) is 5.23. The first-order chi connectivity index (χ1) is 15.0. The molecule has 6 nitrogen and oxygen atoms in total. The minimum atomic E-state index is -0.349. The number of nitrogens with one attached hydrogen (secondary N) is 2. The molecule has 0 atom stereocenters. The highest BCUT2D eigenvalue weighted by Crippen LogP contribution is 2.29. The van der Waals surface area contributed by atoms with Gasteiger partial charge in [-0.2, -0.15) is 0 Å². The molecule has 3 aromatic carbocycles. The topological polar surface area (TPSA) is 78.5 Å². The lowest BCUT2D eigenvalue weighted by Gasteiger charge is -2.15. The van der Waals surface area contributed by atoms with Gasteiger partial charge >= 0.3 is 0 Å². The smallest absolute Gasteiger partial charge is 0.266 e. The van der Waals surface area contributed by atoms with Crippen molar-refractivity contribution in [3.63, 3.8) is 0 Å². The number of hydrogen-bond donors (Lipinski definition) is 2. The van der Waals surface area contributed by atoms with Crippen LogP contribution in [0, 0.1) is 0 Å². The quantitative estimate of drug-likeness (QED) is 0.481. The molecule has 2 N–H and O–H groups in total. The first kappa shape index (κ1) is 20.4. The van der Waals surface area contributed by atoms with Gasteiger partial charge in [0.25, 0.3) is 17.7 Å². The minimum Gasteiger partial charge on any atom is -0.332 e. The summed E-state index contributed by atoms with van der Waals surface area (Å²) in [5.74, 6) is -1.00. The SMILES string of the molecule is CCc1ccc(C(=O)NC(=S)Nc2ccc(N3C(=O)c4ccccc4C3=O)cc2)cc1. The van der Waals surface area contributed by atoms with Crippen molar-refractivity contribution in [2.75, 3.05) is 10.2 Å². The lowest BCUT2D eigenvalue weighted by atomic mass is 10.1. The normalized spacial score (nSPS) is 12.5. The Labute approximate surface area is 184 Å². The first-order valence-corrected chi connectivity index (χ1v) is 10.2. The number of aryl methyl sites for hydroxylation is 1. The van der Waals surface area contributed by atoms with Crippen LogP contribution in [-0.2, 0) is 6.42 Å². The highest BCUT2D eigenvalue weighted by molar-refractivity contribution is 7.80. The summed E-state index contributed by atoms with van der Waals surface area (Å²) < 4.78 is 0. The third kappa shape index (κ3) is 4.08. The van der Waals surface area contributed by atoms with Gasteiger partial charge in [0.05, 0.1) is 16.8 Å². The van der Waals surface area contributed by atoms with Gasteiger partial charge in [-0.05, 0) is 72.7 Å². The maximum atomic E-state index is 12.6. The predicted molar refractivity (Wildman–Crippen MR) is 124 cm³/mol. The highest BCUT2D eigenvalue weighted by Gasteiger charge is 2.36. The van der Waals surface area contributed by atoms with Crippen LogP contribution in [0.15, 0.2) is 72.8 Å². The van der Waals surface area contributed by atoms with Crippen LogP contribution < -0.4 is 15.5 Å². The first-order valence-electron chi connectivity index (χ1n) is 9.77. The summed E-state index contributed by atoms with van der Waals surface area (Å²) >= 11 is 5.22. The van der Waals surface area contributed by atoms with Gasteiger partial charge in [0.2, 0.25) is 0 Å². The number of nitrogens with zero attached hydrogens (tertiary/aromatic N) is 1. The van der Waals surface area contributed by atoms with Crippen LogP contribution in [-0.4, -0.2) is 22.8 Å². The Balaban J connectivity index is 1.41. The fraction of sp³-hybridized carbons (Fsp3) is 0.0833. The van der Waals surface area contributed by atoms with Crippen molar-refractivity contribution in [1.82, 2.24) is 5.32 Å². The molecule has 3 aromatic rings. The maximum absolute atomic E-state index is 12.6. The molecule has 1 aliphatic heterocycles. The van der Waals surface area contributed by atoms with Crippen LogP contribution in [0.5, 0.6) is 0 Å². The lowest BCUT2D eigenvalue weighted by molar-refractivity contribution is 0.0923. The number of carbonyl (C=O) groups is 3. The third-order valence-electron chi connectivity index (χ3n) is 5.03. The molecule has 1 aliphatic rings. The maximum Gasteiger partial charge on any atom is 0.266 e. The number of rotatable bonds is 4. The van der Waals surface area contributed by atoms with Gasteiger partial charge in [0.1, 0.15) is 0 Å². The Kier molecular flexibility index (Phi) is 5.60. The number of fused-ring (bicyclic) bond motifs is 1. The second-order valence-electron chi connectivity index (χ2n) is 7.00. The molecule has 7 heteroatoms. The summed E-state index contributed by atoms with van der Waals surface area (Å²) in [6.07, 6.45) is 0.901. The molecule has 0 saturated carbocycles. The van der Waals surface area contributed by atoms with E-state index in [9.17, 15) is 14.4 Å². The van der Waals surface area contributed by atoms with Crippen molar-refractivity contribution in [2.24, 2.45) is 0 Å². The van der Waals surface area contributed by atoms with Crippen LogP contribution >= 0.6 is 12.2 Å². The van der Waals surface area contributed by atoms with E-state index in [1.54, 1.807) is 60.7 Å². The molecule has 0 aromatic heterocycles. The number of imide groups is 1. The van der Waals surface area contributed by atoms with Crippen molar-refractivity contribution < 1.29 is 14.4 Å². The van der Waals surface area contributed by atoms with Gasteiger partial charge in [0.15, 0.2) is 5.11 Å². The largest absolute Gasteiger partial charge is 0.332 e. The monoisotopic (exact) mass is 429 g/mol. The van der Waals surface area contributed by atoms with Gasteiger partial charge in [-0.15, -0.1) is 0 Å². The highest BCUT2D eigenvalue weighted by atomic mass is 32.1. The number of carbonyl (C=O) groups excluding carboxylic acids is 3. The number of benzene rings is 3. The van der Waals surface area contributed by atoms with Gasteiger partial charge in [-0.1, -0.05) is 31.2 Å². The summed E-state index contributed by atoms with van der Waals surface area (Å²) in [5, 5.41) is 5.73. The molecule has 0 unspecified atom stereocenters. The molecule has 0 saturated heterocycles. The van der Waals surface area contributed by atoms with Gasteiger partial charge in [-0.3, -0.25) is 19.7 Å². The molecule has 0 bridgehead atoms. The molecule has 0 aliphatic carbocycles. The standard InChI is InChI=1S/C24H19N3O3S/c1-2-15-7-9-16(10-8-15)21(28)26-24(31)25-17-11-13-18(14-12-17)27-22(29)19-5-3-4-6-20(19)23(27)30/h3-14H,2H2,1H3,(H2,25,26,28,31). The van der Waals surface area contributed by atoms with E-state index < -0.39 is 0 Å². The van der Waals surface area contributed by atoms with E-state index in [1.807, 2.05) is 19.1 Å². The van der Waals surface area contributed by atoms with Crippen LogP contribution in [0.4, 0.5) is 11.4 Å². The average Bonchev–Trinajstić information content (AvgIpc) is 3.04. The second-order valence-corrected chi connectivity index (χ2v) is 7.41. The van der Waals surface area contributed by atoms with Gasteiger partial charge in [0, 0.05) is 11.3 Å². The van der Waals surface area contributed by atoms with E-state index in [-0.39, 0.29) is 22.8 Å². The summed E-state index contributed by atoms with van der Waals surface area (Å²) in [5.41, 5.74) is 3.53. The number of hydrogen-bond acceptors (Lipinski definition) is 4. The molecular formula is C24H19N3O3S. The molecule has 3 amide bonds. The Morgan fingerprint density at radius 2 is 1.45 bits per heavy atom. The summed E-state index contributed by atoms with van der Waals surface area (Å²) in [4.78, 5) is 38.7. The van der Waals surface area contributed by atoms with E-state index in [1.165, 1.54) is 0 Å².